The van der Waals surface area contributed by atoms with Crippen LogP contribution in [0.1, 0.15) is 15.9 Å². The largest absolute Gasteiger partial charge is 0.868 e. The number of rotatable bonds is 4. The first-order chi connectivity index (χ1) is 10.4. The van der Waals surface area contributed by atoms with Crippen LogP contribution < -0.4 is 5.11 Å². The predicted octanol–water partition coefficient (Wildman–Crippen LogP) is 2.84. The quantitative estimate of drug-likeness (QED) is 0.376. The van der Waals surface area contributed by atoms with Crippen LogP contribution >= 0.6 is 0 Å². The lowest BCUT2D eigenvalue weighted by molar-refractivity contribution is -0.398. The maximum atomic E-state index is 13.0. The highest BCUT2D eigenvalue weighted by Gasteiger charge is 2.09. The minimum Gasteiger partial charge on any atom is -0.868 e. The Morgan fingerprint density at radius 2 is 1.82 bits per heavy atom. The molecule has 0 heterocycles. The zero-order valence-corrected chi connectivity index (χ0v) is 11.0. The fourth-order valence-electron chi connectivity index (χ4n) is 1.70. The number of halogens is 2. The van der Waals surface area contributed by atoms with Crippen LogP contribution in [-0.4, -0.2) is 10.7 Å². The molecule has 7 heteroatoms. The Morgan fingerprint density at radius 3 is 2.45 bits per heavy atom. The molecule has 0 aliphatic heterocycles. The van der Waals surface area contributed by atoms with E-state index in [2.05, 4.69) is 0 Å². The number of benzene rings is 2. The number of nitro groups is 1. The van der Waals surface area contributed by atoms with Gasteiger partial charge in [-0.05, 0) is 35.6 Å². The van der Waals surface area contributed by atoms with Crippen molar-refractivity contribution in [2.45, 2.75) is 0 Å². The van der Waals surface area contributed by atoms with Gasteiger partial charge in [0.15, 0.2) is 17.4 Å². The van der Waals surface area contributed by atoms with Crippen molar-refractivity contribution in [3.8, 4) is 5.75 Å². The van der Waals surface area contributed by atoms with E-state index < -0.39 is 33.8 Å². The molecule has 5 nitrogen and oxygen atoms in total. The first kappa shape index (κ1) is 15.3. The number of carbonyl (C=O) groups is 1. The van der Waals surface area contributed by atoms with Gasteiger partial charge in [-0.15, -0.1) is 0 Å². The van der Waals surface area contributed by atoms with Gasteiger partial charge in [0.25, 0.3) is 5.69 Å². The van der Waals surface area contributed by atoms with Gasteiger partial charge in [0.2, 0.25) is 0 Å². The van der Waals surface area contributed by atoms with Crippen molar-refractivity contribution in [2.75, 3.05) is 0 Å². The summed E-state index contributed by atoms with van der Waals surface area (Å²) in [6.07, 6.45) is 2.30. The van der Waals surface area contributed by atoms with Gasteiger partial charge in [0.1, 0.15) is 0 Å². The molecule has 0 radical (unpaired) electrons. The average Bonchev–Trinajstić information content (AvgIpc) is 2.48. The minimum atomic E-state index is -1.15. The van der Waals surface area contributed by atoms with Crippen molar-refractivity contribution in [1.29, 1.82) is 0 Å². The smallest absolute Gasteiger partial charge is 0.262 e. The van der Waals surface area contributed by atoms with Crippen LogP contribution in [0, 0.1) is 21.7 Å². The summed E-state index contributed by atoms with van der Waals surface area (Å²) in [5.74, 6) is -3.56. The molecule has 0 saturated carbocycles. The lowest BCUT2D eigenvalue weighted by atomic mass is 10.1. The molecular formula is C15H8F2NO4-. The standard InChI is InChI=1S/C15H9F2NO4/c16-11-4-3-10(8-12(11)17)14(19)5-1-9-2-6-15(20)13(7-9)18(21)22/h1-8,20H/p-1/b5-1+. The fraction of sp³-hybridized carbons (Fsp3) is 0. The van der Waals surface area contributed by atoms with E-state index in [0.29, 0.717) is 0 Å². The number of hydrogen-bond acceptors (Lipinski definition) is 4. The molecule has 0 aliphatic rings. The Balaban J connectivity index is 2.24. The molecule has 2 aromatic rings. The molecule has 0 spiro atoms. The van der Waals surface area contributed by atoms with Gasteiger partial charge in [-0.1, -0.05) is 18.2 Å². The second-order valence-electron chi connectivity index (χ2n) is 4.31. The maximum absolute atomic E-state index is 13.0. The summed E-state index contributed by atoms with van der Waals surface area (Å²) < 4.78 is 25.8. The van der Waals surface area contributed by atoms with Crippen LogP contribution in [0.3, 0.4) is 0 Å². The number of nitrogens with zero attached hydrogens (tertiary/aromatic N) is 1. The molecule has 0 atom stereocenters. The lowest BCUT2D eigenvalue weighted by Gasteiger charge is -2.06. The molecule has 0 aromatic heterocycles. The fourth-order valence-corrected chi connectivity index (χ4v) is 1.70. The zero-order chi connectivity index (χ0) is 16.3. The van der Waals surface area contributed by atoms with Crippen molar-refractivity contribution in [3.63, 3.8) is 0 Å². The molecule has 2 rings (SSSR count). The number of nitro benzene ring substituents is 1. The predicted molar refractivity (Wildman–Crippen MR) is 72.3 cm³/mol. The highest BCUT2D eigenvalue weighted by molar-refractivity contribution is 6.06. The van der Waals surface area contributed by atoms with Gasteiger partial charge in [0.05, 0.1) is 4.92 Å². The van der Waals surface area contributed by atoms with Crippen molar-refractivity contribution >= 4 is 17.5 Å². The SMILES string of the molecule is O=C(/C=C/c1ccc([O-])c([N+](=O)[O-])c1)c1ccc(F)c(F)c1. The molecule has 0 saturated heterocycles. The van der Waals surface area contributed by atoms with Gasteiger partial charge in [-0.3, -0.25) is 14.9 Å². The summed E-state index contributed by atoms with van der Waals surface area (Å²) in [5.41, 5.74) is -0.408. The zero-order valence-electron chi connectivity index (χ0n) is 11.0. The van der Waals surface area contributed by atoms with Gasteiger partial charge >= 0.3 is 0 Å². The summed E-state index contributed by atoms with van der Waals surface area (Å²) in [7, 11) is 0. The van der Waals surface area contributed by atoms with Crippen molar-refractivity contribution in [2.24, 2.45) is 0 Å². The first-order valence-electron chi connectivity index (χ1n) is 6.01. The maximum Gasteiger partial charge on any atom is 0.262 e. The van der Waals surface area contributed by atoms with E-state index in [1.807, 2.05) is 0 Å². The van der Waals surface area contributed by atoms with E-state index in [9.17, 15) is 28.8 Å². The second-order valence-corrected chi connectivity index (χ2v) is 4.31. The Labute approximate surface area is 123 Å². The average molecular weight is 304 g/mol. The van der Waals surface area contributed by atoms with Crippen molar-refractivity contribution in [3.05, 3.63) is 75.3 Å². The molecule has 0 N–H and O–H groups in total. The molecule has 0 bridgehead atoms. The van der Waals surface area contributed by atoms with Gasteiger partial charge < -0.3 is 5.11 Å². The molecular weight excluding hydrogens is 296 g/mol. The molecule has 0 aliphatic carbocycles. The van der Waals surface area contributed by atoms with Crippen LogP contribution in [0.5, 0.6) is 5.75 Å². The number of allylic oxidation sites excluding steroid dienone is 1. The summed E-state index contributed by atoms with van der Waals surface area (Å²) in [5, 5.41) is 21.9. The number of carbonyl (C=O) groups excluding carboxylic acids is 1. The van der Waals surface area contributed by atoms with Crippen molar-refractivity contribution < 1.29 is 23.6 Å². The topological polar surface area (TPSA) is 83.3 Å². The third-order valence-corrected chi connectivity index (χ3v) is 2.81. The monoisotopic (exact) mass is 304 g/mol. The number of ketones is 1. The molecule has 22 heavy (non-hydrogen) atoms. The lowest BCUT2D eigenvalue weighted by Crippen LogP contribution is -1.98. The Morgan fingerprint density at radius 1 is 1.09 bits per heavy atom. The highest BCUT2D eigenvalue weighted by atomic mass is 19.2. The second kappa shape index (κ2) is 6.13. The Hall–Kier alpha value is -3.09. The third-order valence-electron chi connectivity index (χ3n) is 2.81. The van der Waals surface area contributed by atoms with Crippen LogP contribution in [0.2, 0.25) is 0 Å². The van der Waals surface area contributed by atoms with Gasteiger partial charge in [-0.2, -0.15) is 0 Å². The van der Waals surface area contributed by atoms with E-state index in [-0.39, 0.29) is 11.1 Å². The molecule has 0 unspecified atom stereocenters. The van der Waals surface area contributed by atoms with Crippen LogP contribution in [0.15, 0.2) is 42.5 Å². The highest BCUT2D eigenvalue weighted by Crippen LogP contribution is 2.24. The Kier molecular flexibility index (Phi) is 4.26. The van der Waals surface area contributed by atoms with Crippen molar-refractivity contribution in [1.82, 2.24) is 0 Å². The third kappa shape index (κ3) is 3.32. The Bertz CT molecular complexity index is 787. The summed E-state index contributed by atoms with van der Waals surface area (Å²) in [6, 6.07) is 6.05. The van der Waals surface area contributed by atoms with E-state index in [0.717, 1.165) is 36.4 Å². The number of hydrogen-bond donors (Lipinski definition) is 0. The van der Waals surface area contributed by atoms with E-state index >= 15 is 0 Å². The summed E-state index contributed by atoms with van der Waals surface area (Å²) in [4.78, 5) is 21.6. The van der Waals surface area contributed by atoms with Crippen LogP contribution in [0.4, 0.5) is 14.5 Å². The minimum absolute atomic E-state index is 0.0647. The molecule has 0 amide bonds. The normalized spacial score (nSPS) is 10.8. The molecule has 112 valence electrons. The summed E-state index contributed by atoms with van der Waals surface area (Å²) >= 11 is 0. The van der Waals surface area contributed by atoms with Gasteiger partial charge in [-0.25, -0.2) is 8.78 Å². The first-order valence-corrected chi connectivity index (χ1v) is 6.01. The van der Waals surface area contributed by atoms with E-state index in [1.165, 1.54) is 12.1 Å². The summed E-state index contributed by atoms with van der Waals surface area (Å²) in [6.45, 7) is 0. The molecule has 0 fully saturated rings. The van der Waals surface area contributed by atoms with E-state index in [1.54, 1.807) is 0 Å². The van der Waals surface area contributed by atoms with E-state index in [4.69, 9.17) is 0 Å². The molecule has 2 aromatic carbocycles. The van der Waals surface area contributed by atoms with Crippen LogP contribution in [-0.2, 0) is 0 Å². The van der Waals surface area contributed by atoms with Gasteiger partial charge in [0, 0.05) is 11.6 Å². The van der Waals surface area contributed by atoms with Crippen LogP contribution in [0.25, 0.3) is 6.08 Å².